The van der Waals surface area contributed by atoms with E-state index >= 15 is 0 Å². The van der Waals surface area contributed by atoms with Crippen LogP contribution in [0.3, 0.4) is 0 Å². The first kappa shape index (κ1) is 18.3. The summed E-state index contributed by atoms with van der Waals surface area (Å²) in [5, 5.41) is 12.4. The molecule has 2 heterocycles. The van der Waals surface area contributed by atoms with Crippen LogP contribution >= 0.6 is 11.3 Å². The Labute approximate surface area is 154 Å². The molecule has 6 nitrogen and oxygen atoms in total. The summed E-state index contributed by atoms with van der Waals surface area (Å²) in [6.07, 6.45) is 2.59. The second kappa shape index (κ2) is 7.82. The van der Waals surface area contributed by atoms with Crippen molar-refractivity contribution in [2.75, 3.05) is 18.4 Å². The Morgan fingerprint density at radius 1 is 1.38 bits per heavy atom. The van der Waals surface area contributed by atoms with Gasteiger partial charge in [-0.05, 0) is 24.0 Å². The van der Waals surface area contributed by atoms with Crippen LogP contribution in [0.5, 0.6) is 0 Å². The Hall–Kier alpha value is -2.48. The van der Waals surface area contributed by atoms with Gasteiger partial charge in [-0.15, -0.1) is 11.3 Å². The molecule has 8 heteroatoms. The SMILES string of the molecule is CC1CC(C(=O)O)CN(C(=O)Nc2ncc(Cc3ccccc3F)s2)C1. The minimum Gasteiger partial charge on any atom is -0.481 e. The summed E-state index contributed by atoms with van der Waals surface area (Å²) in [6.45, 7) is 2.65. The fourth-order valence-corrected chi connectivity index (χ4v) is 3.97. The highest BCUT2D eigenvalue weighted by molar-refractivity contribution is 7.15. The summed E-state index contributed by atoms with van der Waals surface area (Å²) in [4.78, 5) is 30.2. The zero-order valence-corrected chi connectivity index (χ0v) is 15.1. The number of aliphatic carboxylic acids is 1. The zero-order valence-electron chi connectivity index (χ0n) is 14.3. The third-order valence-corrected chi connectivity index (χ3v) is 5.30. The number of carbonyl (C=O) groups excluding carboxylic acids is 1. The molecule has 1 aliphatic rings. The Balaban J connectivity index is 1.62. The van der Waals surface area contributed by atoms with Crippen LogP contribution in [0.25, 0.3) is 0 Å². The number of piperidine rings is 1. The van der Waals surface area contributed by atoms with Gasteiger partial charge in [0.1, 0.15) is 5.82 Å². The number of amides is 2. The van der Waals surface area contributed by atoms with Gasteiger partial charge < -0.3 is 10.0 Å². The van der Waals surface area contributed by atoms with Gasteiger partial charge in [0.05, 0.1) is 5.92 Å². The molecule has 0 spiro atoms. The molecule has 1 fully saturated rings. The fourth-order valence-electron chi connectivity index (χ4n) is 3.14. The van der Waals surface area contributed by atoms with E-state index in [0.717, 1.165) is 4.88 Å². The fraction of sp³-hybridized carbons (Fsp3) is 0.389. The van der Waals surface area contributed by atoms with Crippen molar-refractivity contribution in [3.05, 3.63) is 46.7 Å². The van der Waals surface area contributed by atoms with E-state index in [1.54, 1.807) is 24.4 Å². The van der Waals surface area contributed by atoms with Crippen LogP contribution in [0.4, 0.5) is 14.3 Å². The highest BCUT2D eigenvalue weighted by Crippen LogP contribution is 2.25. The number of carboxylic acids is 1. The molecule has 2 aromatic rings. The molecule has 2 amide bonds. The molecule has 0 saturated carbocycles. The molecular weight excluding hydrogens is 357 g/mol. The topological polar surface area (TPSA) is 82.5 Å². The van der Waals surface area contributed by atoms with Gasteiger partial charge >= 0.3 is 12.0 Å². The lowest BCUT2D eigenvalue weighted by Crippen LogP contribution is -2.47. The summed E-state index contributed by atoms with van der Waals surface area (Å²) >= 11 is 1.28. The van der Waals surface area contributed by atoms with Crippen molar-refractivity contribution in [3.8, 4) is 0 Å². The average Bonchev–Trinajstić information content (AvgIpc) is 3.03. The van der Waals surface area contributed by atoms with Gasteiger partial charge in [0, 0.05) is 30.6 Å². The number of hydrogen-bond acceptors (Lipinski definition) is 4. The van der Waals surface area contributed by atoms with E-state index in [0.29, 0.717) is 30.1 Å². The van der Waals surface area contributed by atoms with Gasteiger partial charge in [-0.3, -0.25) is 10.1 Å². The number of aromatic nitrogens is 1. The van der Waals surface area contributed by atoms with E-state index in [4.69, 9.17) is 0 Å². The van der Waals surface area contributed by atoms with Crippen LogP contribution in [-0.4, -0.2) is 40.1 Å². The van der Waals surface area contributed by atoms with Crippen molar-refractivity contribution in [2.45, 2.75) is 19.8 Å². The highest BCUT2D eigenvalue weighted by atomic mass is 32.1. The Morgan fingerprint density at radius 2 is 2.15 bits per heavy atom. The molecule has 2 atom stereocenters. The molecule has 1 aromatic heterocycles. The molecule has 26 heavy (non-hydrogen) atoms. The number of carboxylic acid groups (broad SMARTS) is 1. The van der Waals surface area contributed by atoms with E-state index in [1.807, 2.05) is 6.92 Å². The van der Waals surface area contributed by atoms with Crippen LogP contribution in [0, 0.1) is 17.7 Å². The first-order valence-electron chi connectivity index (χ1n) is 8.39. The first-order valence-corrected chi connectivity index (χ1v) is 9.21. The van der Waals surface area contributed by atoms with Crippen LogP contribution in [-0.2, 0) is 11.2 Å². The third kappa shape index (κ3) is 4.37. The summed E-state index contributed by atoms with van der Waals surface area (Å²) in [5.41, 5.74) is 0.572. The molecule has 0 radical (unpaired) electrons. The average molecular weight is 377 g/mol. The van der Waals surface area contributed by atoms with E-state index < -0.39 is 11.9 Å². The molecule has 0 bridgehead atoms. The Kier molecular flexibility index (Phi) is 5.51. The van der Waals surface area contributed by atoms with E-state index in [2.05, 4.69) is 10.3 Å². The minimum absolute atomic E-state index is 0.128. The summed E-state index contributed by atoms with van der Waals surface area (Å²) in [5.74, 6) is -1.56. The van der Waals surface area contributed by atoms with Gasteiger partial charge in [-0.25, -0.2) is 14.2 Å². The summed E-state index contributed by atoms with van der Waals surface area (Å²) < 4.78 is 13.7. The van der Waals surface area contributed by atoms with Crippen LogP contribution < -0.4 is 5.32 Å². The number of urea groups is 1. The van der Waals surface area contributed by atoms with E-state index in [9.17, 15) is 19.1 Å². The normalized spacial score (nSPS) is 20.0. The first-order chi connectivity index (χ1) is 12.4. The van der Waals surface area contributed by atoms with Gasteiger partial charge in [-0.1, -0.05) is 25.1 Å². The number of rotatable bonds is 4. The lowest BCUT2D eigenvalue weighted by Gasteiger charge is -2.34. The van der Waals surface area contributed by atoms with Crippen LogP contribution in [0.2, 0.25) is 0 Å². The van der Waals surface area contributed by atoms with Crippen molar-refractivity contribution in [1.82, 2.24) is 9.88 Å². The molecule has 1 saturated heterocycles. The van der Waals surface area contributed by atoms with Crippen LogP contribution in [0.1, 0.15) is 23.8 Å². The Morgan fingerprint density at radius 3 is 2.88 bits per heavy atom. The van der Waals surface area contributed by atoms with Crippen molar-refractivity contribution in [1.29, 1.82) is 0 Å². The van der Waals surface area contributed by atoms with Crippen molar-refractivity contribution >= 4 is 28.5 Å². The van der Waals surface area contributed by atoms with Crippen molar-refractivity contribution in [3.63, 3.8) is 0 Å². The smallest absolute Gasteiger partial charge is 0.323 e. The lowest BCUT2D eigenvalue weighted by molar-refractivity contribution is -0.143. The van der Waals surface area contributed by atoms with Gasteiger partial charge in [0.25, 0.3) is 0 Å². The molecule has 138 valence electrons. The second-order valence-electron chi connectivity index (χ2n) is 6.61. The largest absolute Gasteiger partial charge is 0.481 e. The monoisotopic (exact) mass is 377 g/mol. The number of hydrogen-bond donors (Lipinski definition) is 2. The number of carbonyl (C=O) groups is 2. The number of benzene rings is 1. The molecule has 0 aliphatic carbocycles. The maximum Gasteiger partial charge on any atom is 0.323 e. The number of halogens is 1. The van der Waals surface area contributed by atoms with Crippen LogP contribution in [0.15, 0.2) is 30.5 Å². The van der Waals surface area contributed by atoms with Gasteiger partial charge in [-0.2, -0.15) is 0 Å². The van der Waals surface area contributed by atoms with Crippen molar-refractivity contribution in [2.24, 2.45) is 11.8 Å². The minimum atomic E-state index is -0.879. The number of nitrogens with zero attached hydrogens (tertiary/aromatic N) is 2. The molecule has 2 N–H and O–H groups in total. The lowest BCUT2D eigenvalue weighted by atomic mass is 9.91. The third-order valence-electron chi connectivity index (χ3n) is 4.39. The standard InChI is InChI=1S/C18H20FN3O3S/c1-11-6-13(16(23)24)10-22(9-11)18(25)21-17-20-8-14(26-17)7-12-4-2-3-5-15(12)19/h2-5,8,11,13H,6-7,9-10H2,1H3,(H,23,24)(H,20,21,25). The van der Waals surface area contributed by atoms with E-state index in [1.165, 1.54) is 22.3 Å². The van der Waals surface area contributed by atoms with Crippen molar-refractivity contribution < 1.29 is 19.1 Å². The summed E-state index contributed by atoms with van der Waals surface area (Å²) in [7, 11) is 0. The maximum atomic E-state index is 13.7. The number of thiazole rings is 1. The maximum absolute atomic E-state index is 13.7. The Bertz CT molecular complexity index is 810. The predicted octanol–water partition coefficient (Wildman–Crippen LogP) is 3.45. The van der Waals surface area contributed by atoms with Gasteiger partial charge in [0.2, 0.25) is 0 Å². The second-order valence-corrected chi connectivity index (χ2v) is 7.73. The molecule has 1 aromatic carbocycles. The molecule has 2 unspecified atom stereocenters. The summed E-state index contributed by atoms with van der Waals surface area (Å²) in [6, 6.07) is 6.19. The van der Waals surface area contributed by atoms with Gasteiger partial charge in [0.15, 0.2) is 5.13 Å². The quantitative estimate of drug-likeness (QED) is 0.855. The molecular formula is C18H20FN3O3S. The highest BCUT2D eigenvalue weighted by Gasteiger charge is 2.32. The number of nitrogens with one attached hydrogen (secondary N) is 1. The number of anilines is 1. The molecule has 1 aliphatic heterocycles. The van der Waals surface area contributed by atoms with E-state index in [-0.39, 0.29) is 24.3 Å². The number of likely N-dealkylation sites (tertiary alicyclic amines) is 1. The molecule has 3 rings (SSSR count). The zero-order chi connectivity index (χ0) is 18.7. The predicted molar refractivity (Wildman–Crippen MR) is 96.8 cm³/mol.